The van der Waals surface area contributed by atoms with Crippen molar-refractivity contribution in [3.8, 4) is 0 Å². The molecule has 110 valence electrons. The lowest BCUT2D eigenvalue weighted by Gasteiger charge is -2.07. The fourth-order valence-corrected chi connectivity index (χ4v) is 2.11. The molecule has 0 aromatic heterocycles. The number of allylic oxidation sites excluding steroid dienone is 2. The number of hydrogen-bond acceptors (Lipinski definition) is 4. The van der Waals surface area contributed by atoms with Gasteiger partial charge in [0.1, 0.15) is 5.57 Å². The zero-order chi connectivity index (χ0) is 16.1. The van der Waals surface area contributed by atoms with E-state index in [-0.39, 0.29) is 5.57 Å². The van der Waals surface area contributed by atoms with E-state index in [4.69, 9.17) is 0 Å². The third-order valence-electron chi connectivity index (χ3n) is 3.08. The first-order valence-electron chi connectivity index (χ1n) is 6.57. The van der Waals surface area contributed by atoms with Gasteiger partial charge in [0.2, 0.25) is 11.6 Å². The summed E-state index contributed by atoms with van der Waals surface area (Å²) < 4.78 is 0. The van der Waals surface area contributed by atoms with Crippen molar-refractivity contribution in [2.24, 2.45) is 0 Å². The maximum atomic E-state index is 12.7. The second-order valence-corrected chi connectivity index (χ2v) is 4.60. The number of hydrogen-bond donors (Lipinski definition) is 0. The molecule has 0 unspecified atom stereocenters. The summed E-state index contributed by atoms with van der Waals surface area (Å²) in [7, 11) is 0. The summed E-state index contributed by atoms with van der Waals surface area (Å²) in [6.45, 7) is 1.08. The Hall–Kier alpha value is -3.08. The van der Waals surface area contributed by atoms with Crippen LogP contribution in [0.25, 0.3) is 5.57 Å². The minimum Gasteiger partial charge on any atom is -0.288 e. The molecule has 0 amide bonds. The van der Waals surface area contributed by atoms with Crippen molar-refractivity contribution in [1.82, 2.24) is 0 Å². The number of nitro groups is 1. The van der Waals surface area contributed by atoms with Crippen LogP contribution in [0.1, 0.15) is 22.8 Å². The number of benzene rings is 2. The highest BCUT2D eigenvalue weighted by Gasteiger charge is 2.30. The standard InChI is InChI=1S/C17H13NO4/c1-12(19)16(18(21)22)15(13-8-4-2-5-9-13)17(20)14-10-6-3-7-11-14/h2-11H,1H3. The first-order chi connectivity index (χ1) is 10.5. The second-order valence-electron chi connectivity index (χ2n) is 4.60. The van der Waals surface area contributed by atoms with Gasteiger partial charge in [-0.3, -0.25) is 19.7 Å². The van der Waals surface area contributed by atoms with Gasteiger partial charge in [-0.05, 0) is 5.56 Å². The summed E-state index contributed by atoms with van der Waals surface area (Å²) in [4.78, 5) is 34.8. The summed E-state index contributed by atoms with van der Waals surface area (Å²) in [6, 6.07) is 16.4. The molecule has 0 radical (unpaired) electrons. The molecule has 0 aliphatic carbocycles. The minimum absolute atomic E-state index is 0.190. The molecule has 0 spiro atoms. The fraction of sp³-hybridized carbons (Fsp3) is 0.0588. The molecule has 5 nitrogen and oxygen atoms in total. The first-order valence-corrected chi connectivity index (χ1v) is 6.57. The quantitative estimate of drug-likeness (QED) is 0.367. The lowest BCUT2D eigenvalue weighted by molar-refractivity contribution is -0.417. The van der Waals surface area contributed by atoms with Crippen molar-refractivity contribution in [3.05, 3.63) is 87.6 Å². The molecular weight excluding hydrogens is 282 g/mol. The molecule has 0 aliphatic heterocycles. The van der Waals surface area contributed by atoms with E-state index in [9.17, 15) is 19.7 Å². The molecule has 22 heavy (non-hydrogen) atoms. The molecule has 0 N–H and O–H groups in total. The van der Waals surface area contributed by atoms with Crippen molar-refractivity contribution >= 4 is 17.1 Å². The van der Waals surface area contributed by atoms with Crippen molar-refractivity contribution < 1.29 is 14.5 Å². The van der Waals surface area contributed by atoms with Gasteiger partial charge in [-0.2, -0.15) is 0 Å². The number of nitrogens with zero attached hydrogens (tertiary/aromatic N) is 1. The SMILES string of the molecule is CC(=O)C(=C(C(=O)c1ccccc1)c1ccccc1)[N+](=O)[O-]. The van der Waals surface area contributed by atoms with Crippen LogP contribution in [0.4, 0.5) is 0 Å². The van der Waals surface area contributed by atoms with Crippen LogP contribution in [-0.4, -0.2) is 16.5 Å². The topological polar surface area (TPSA) is 77.3 Å². The van der Waals surface area contributed by atoms with Crippen molar-refractivity contribution in [3.63, 3.8) is 0 Å². The summed E-state index contributed by atoms with van der Waals surface area (Å²) in [5, 5.41) is 11.3. The van der Waals surface area contributed by atoms with E-state index in [0.717, 1.165) is 6.92 Å². The molecule has 2 rings (SSSR count). The highest BCUT2D eigenvalue weighted by molar-refractivity contribution is 6.32. The molecule has 0 bridgehead atoms. The fourth-order valence-electron chi connectivity index (χ4n) is 2.11. The maximum Gasteiger partial charge on any atom is 0.323 e. The van der Waals surface area contributed by atoms with E-state index in [1.807, 2.05) is 0 Å². The lowest BCUT2D eigenvalue weighted by Crippen LogP contribution is -2.16. The van der Waals surface area contributed by atoms with E-state index < -0.39 is 22.2 Å². The van der Waals surface area contributed by atoms with Crippen LogP contribution < -0.4 is 0 Å². The van der Waals surface area contributed by atoms with Crippen LogP contribution in [0.2, 0.25) is 0 Å². The Kier molecular flexibility index (Phi) is 4.58. The molecule has 0 heterocycles. The van der Waals surface area contributed by atoms with Gasteiger partial charge in [0.25, 0.3) is 0 Å². The van der Waals surface area contributed by atoms with Gasteiger partial charge in [0, 0.05) is 12.5 Å². The molecule has 5 heteroatoms. The summed E-state index contributed by atoms with van der Waals surface area (Å²) in [6.07, 6.45) is 0. The van der Waals surface area contributed by atoms with Gasteiger partial charge in [0.15, 0.2) is 0 Å². The normalized spacial score (nSPS) is 11.5. The van der Waals surface area contributed by atoms with Crippen LogP contribution in [0.5, 0.6) is 0 Å². The molecule has 0 saturated heterocycles. The van der Waals surface area contributed by atoms with Crippen LogP contribution in [0.15, 0.2) is 66.4 Å². The van der Waals surface area contributed by atoms with Crippen LogP contribution in [0.3, 0.4) is 0 Å². The zero-order valence-electron chi connectivity index (χ0n) is 11.9. The molecule has 0 aliphatic rings. The average molecular weight is 295 g/mol. The van der Waals surface area contributed by atoms with E-state index in [1.54, 1.807) is 60.7 Å². The summed E-state index contributed by atoms with van der Waals surface area (Å²) in [5.41, 5.74) is -0.246. The van der Waals surface area contributed by atoms with Gasteiger partial charge in [0.05, 0.1) is 4.92 Å². The van der Waals surface area contributed by atoms with Crippen molar-refractivity contribution in [1.29, 1.82) is 0 Å². The highest BCUT2D eigenvalue weighted by Crippen LogP contribution is 2.24. The highest BCUT2D eigenvalue weighted by atomic mass is 16.6. The van der Waals surface area contributed by atoms with E-state index >= 15 is 0 Å². The van der Waals surface area contributed by atoms with Crippen molar-refractivity contribution in [2.45, 2.75) is 6.92 Å². The predicted octanol–water partition coefficient (Wildman–Crippen LogP) is 3.15. The molecule has 0 fully saturated rings. The Morgan fingerprint density at radius 3 is 1.73 bits per heavy atom. The third-order valence-corrected chi connectivity index (χ3v) is 3.08. The van der Waals surface area contributed by atoms with Crippen LogP contribution in [-0.2, 0) is 4.79 Å². The van der Waals surface area contributed by atoms with E-state index in [1.165, 1.54) is 0 Å². The molecule has 0 saturated carbocycles. The van der Waals surface area contributed by atoms with E-state index in [0.29, 0.717) is 11.1 Å². The maximum absolute atomic E-state index is 12.7. The molecule has 2 aromatic carbocycles. The first kappa shape index (κ1) is 15.3. The molecule has 0 atom stereocenters. The molecule has 2 aromatic rings. The summed E-state index contributed by atoms with van der Waals surface area (Å²) in [5.74, 6) is -1.30. The van der Waals surface area contributed by atoms with Crippen molar-refractivity contribution in [2.75, 3.05) is 0 Å². The smallest absolute Gasteiger partial charge is 0.288 e. The average Bonchev–Trinajstić information content (AvgIpc) is 2.52. The van der Waals surface area contributed by atoms with E-state index in [2.05, 4.69) is 0 Å². The second kappa shape index (κ2) is 6.58. The molecular formula is C17H13NO4. The Morgan fingerprint density at radius 2 is 1.32 bits per heavy atom. The Bertz CT molecular complexity index is 733. The van der Waals surface area contributed by atoms with Gasteiger partial charge < -0.3 is 0 Å². The van der Waals surface area contributed by atoms with Gasteiger partial charge >= 0.3 is 5.70 Å². The van der Waals surface area contributed by atoms with Gasteiger partial charge in [-0.15, -0.1) is 0 Å². The Balaban J connectivity index is 2.72. The van der Waals surface area contributed by atoms with Gasteiger partial charge in [-0.1, -0.05) is 60.7 Å². The number of ketones is 2. The Morgan fingerprint density at radius 1 is 0.864 bits per heavy atom. The number of Topliss-reactive ketones (excluding diaryl/α,β-unsaturated/α-hetero) is 2. The largest absolute Gasteiger partial charge is 0.323 e. The third kappa shape index (κ3) is 3.15. The zero-order valence-corrected chi connectivity index (χ0v) is 11.9. The monoisotopic (exact) mass is 295 g/mol. The number of carbonyl (C=O) groups is 2. The lowest BCUT2D eigenvalue weighted by atomic mass is 9.94. The Labute approximate surface area is 127 Å². The predicted molar refractivity (Wildman–Crippen MR) is 81.8 cm³/mol. The van der Waals surface area contributed by atoms with Gasteiger partial charge in [-0.25, -0.2) is 0 Å². The number of carbonyl (C=O) groups excluding carboxylic acids is 2. The minimum atomic E-state index is -0.800. The summed E-state index contributed by atoms with van der Waals surface area (Å²) >= 11 is 0. The number of rotatable bonds is 5. The van der Waals surface area contributed by atoms with Crippen LogP contribution >= 0.6 is 0 Å². The van der Waals surface area contributed by atoms with Crippen LogP contribution in [0, 0.1) is 10.1 Å².